The van der Waals surface area contributed by atoms with Gasteiger partial charge in [-0.15, -0.1) is 11.3 Å². The molecule has 2 aromatic rings. The first-order valence-electron chi connectivity index (χ1n) is 7.05. The van der Waals surface area contributed by atoms with Crippen LogP contribution in [0.5, 0.6) is 0 Å². The number of benzene rings is 1. The van der Waals surface area contributed by atoms with Gasteiger partial charge in [0.15, 0.2) is 0 Å². The van der Waals surface area contributed by atoms with Crippen LogP contribution in [0.25, 0.3) is 0 Å². The van der Waals surface area contributed by atoms with E-state index in [0.29, 0.717) is 18.9 Å². The molecule has 6 nitrogen and oxygen atoms in total. The molecule has 122 valence electrons. The van der Waals surface area contributed by atoms with E-state index < -0.39 is 16.6 Å². The van der Waals surface area contributed by atoms with Crippen molar-refractivity contribution in [2.75, 3.05) is 6.54 Å². The highest BCUT2D eigenvalue weighted by Gasteiger charge is 2.16. The summed E-state index contributed by atoms with van der Waals surface area (Å²) in [4.78, 5) is 26.2. The van der Waals surface area contributed by atoms with E-state index >= 15 is 0 Å². The van der Waals surface area contributed by atoms with Gasteiger partial charge in [0.25, 0.3) is 11.6 Å². The SMILES string of the molecule is CC(C)c1nc(CCNC(=O)c2ccc([N+](=O)[O-])cc2F)cs1. The molecular formula is C15H16FN3O3S. The van der Waals surface area contributed by atoms with E-state index in [2.05, 4.69) is 24.1 Å². The maximum absolute atomic E-state index is 13.7. The summed E-state index contributed by atoms with van der Waals surface area (Å²) in [5.41, 5.74) is 0.280. The van der Waals surface area contributed by atoms with Crippen molar-refractivity contribution in [1.82, 2.24) is 10.3 Å². The molecule has 1 aromatic carbocycles. The average Bonchev–Trinajstić information content (AvgIpc) is 2.96. The molecule has 0 saturated heterocycles. The quantitative estimate of drug-likeness (QED) is 0.647. The monoisotopic (exact) mass is 337 g/mol. The zero-order valence-electron chi connectivity index (χ0n) is 12.7. The Hall–Kier alpha value is -2.35. The summed E-state index contributed by atoms with van der Waals surface area (Å²) in [5, 5.41) is 16.1. The van der Waals surface area contributed by atoms with Crippen molar-refractivity contribution in [3.63, 3.8) is 0 Å². The molecule has 0 bridgehead atoms. The Balaban J connectivity index is 1.93. The van der Waals surface area contributed by atoms with Gasteiger partial charge in [-0.3, -0.25) is 14.9 Å². The third kappa shape index (κ3) is 4.32. The van der Waals surface area contributed by atoms with Gasteiger partial charge in [0.05, 0.1) is 27.3 Å². The van der Waals surface area contributed by atoms with Crippen LogP contribution in [0.15, 0.2) is 23.6 Å². The predicted octanol–water partition coefficient (Wildman–Crippen LogP) is 3.29. The fourth-order valence-electron chi connectivity index (χ4n) is 1.90. The number of hydrogen-bond acceptors (Lipinski definition) is 5. The molecule has 1 heterocycles. The number of rotatable bonds is 6. The lowest BCUT2D eigenvalue weighted by Gasteiger charge is -2.05. The first kappa shape index (κ1) is 17.0. The summed E-state index contributed by atoms with van der Waals surface area (Å²) in [6.45, 7) is 4.43. The lowest BCUT2D eigenvalue weighted by molar-refractivity contribution is -0.385. The minimum Gasteiger partial charge on any atom is -0.352 e. The molecule has 0 radical (unpaired) electrons. The second-order valence-corrected chi connectivity index (χ2v) is 6.15. The van der Waals surface area contributed by atoms with Crippen LogP contribution < -0.4 is 5.32 Å². The predicted molar refractivity (Wildman–Crippen MR) is 85.3 cm³/mol. The number of nitro benzene ring substituents is 1. The normalized spacial score (nSPS) is 10.8. The van der Waals surface area contributed by atoms with Gasteiger partial charge in [-0.25, -0.2) is 9.37 Å². The Bertz CT molecular complexity index is 731. The molecule has 2 rings (SSSR count). The number of thiazole rings is 1. The van der Waals surface area contributed by atoms with Crippen LogP contribution in [0, 0.1) is 15.9 Å². The average molecular weight is 337 g/mol. The van der Waals surface area contributed by atoms with Crippen molar-refractivity contribution in [3.05, 3.63) is 55.8 Å². The van der Waals surface area contributed by atoms with E-state index in [1.165, 1.54) is 0 Å². The highest BCUT2D eigenvalue weighted by molar-refractivity contribution is 7.09. The standard InChI is InChI=1S/C15H16FN3O3S/c1-9(2)15-18-10(8-23-15)5-6-17-14(20)12-4-3-11(19(21)22)7-13(12)16/h3-4,7-9H,5-6H2,1-2H3,(H,17,20). The number of aromatic nitrogens is 1. The highest BCUT2D eigenvalue weighted by Crippen LogP contribution is 2.19. The summed E-state index contributed by atoms with van der Waals surface area (Å²) in [7, 11) is 0. The second-order valence-electron chi connectivity index (χ2n) is 5.26. The van der Waals surface area contributed by atoms with E-state index in [0.717, 1.165) is 28.9 Å². The van der Waals surface area contributed by atoms with Crippen LogP contribution in [-0.2, 0) is 6.42 Å². The maximum atomic E-state index is 13.7. The van der Waals surface area contributed by atoms with E-state index in [4.69, 9.17) is 0 Å². The van der Waals surface area contributed by atoms with Crippen molar-refractivity contribution in [2.24, 2.45) is 0 Å². The van der Waals surface area contributed by atoms with Crippen LogP contribution in [-0.4, -0.2) is 22.4 Å². The first-order chi connectivity index (χ1) is 10.9. The summed E-state index contributed by atoms with van der Waals surface area (Å²) in [6, 6.07) is 2.96. The molecule has 1 aromatic heterocycles. The number of amides is 1. The minimum absolute atomic E-state index is 0.211. The van der Waals surface area contributed by atoms with Crippen molar-refractivity contribution >= 4 is 22.9 Å². The molecule has 0 aliphatic carbocycles. The van der Waals surface area contributed by atoms with Crippen LogP contribution in [0.1, 0.15) is 40.8 Å². The number of hydrogen-bond donors (Lipinski definition) is 1. The fourth-order valence-corrected chi connectivity index (χ4v) is 2.77. The van der Waals surface area contributed by atoms with E-state index in [9.17, 15) is 19.3 Å². The third-order valence-electron chi connectivity index (χ3n) is 3.14. The smallest absolute Gasteiger partial charge is 0.272 e. The van der Waals surface area contributed by atoms with Crippen molar-refractivity contribution < 1.29 is 14.1 Å². The Kier molecular flexibility index (Phi) is 5.38. The van der Waals surface area contributed by atoms with Crippen molar-refractivity contribution in [1.29, 1.82) is 0 Å². The number of carbonyl (C=O) groups is 1. The fraction of sp³-hybridized carbons (Fsp3) is 0.333. The lowest BCUT2D eigenvalue weighted by atomic mass is 10.1. The van der Waals surface area contributed by atoms with E-state index in [-0.39, 0.29) is 11.3 Å². The Morgan fingerprint density at radius 2 is 2.22 bits per heavy atom. The molecule has 0 spiro atoms. The molecule has 0 unspecified atom stereocenters. The van der Waals surface area contributed by atoms with Gasteiger partial charge in [0.1, 0.15) is 5.82 Å². The molecular weight excluding hydrogens is 321 g/mol. The number of halogens is 1. The zero-order chi connectivity index (χ0) is 17.0. The molecule has 0 saturated carbocycles. The maximum Gasteiger partial charge on any atom is 0.272 e. The van der Waals surface area contributed by atoms with Gasteiger partial charge in [-0.1, -0.05) is 13.8 Å². The van der Waals surface area contributed by atoms with E-state index in [1.54, 1.807) is 11.3 Å². The van der Waals surface area contributed by atoms with Gasteiger partial charge in [0, 0.05) is 30.3 Å². The number of nitrogens with one attached hydrogen (secondary N) is 1. The topological polar surface area (TPSA) is 85.1 Å². The van der Waals surface area contributed by atoms with Gasteiger partial charge in [0.2, 0.25) is 0 Å². The number of non-ortho nitro benzene ring substituents is 1. The van der Waals surface area contributed by atoms with Crippen LogP contribution >= 0.6 is 11.3 Å². The Morgan fingerprint density at radius 3 is 2.78 bits per heavy atom. The van der Waals surface area contributed by atoms with Gasteiger partial charge >= 0.3 is 0 Å². The molecule has 0 atom stereocenters. The van der Waals surface area contributed by atoms with Crippen molar-refractivity contribution in [3.8, 4) is 0 Å². The minimum atomic E-state index is -0.910. The lowest BCUT2D eigenvalue weighted by Crippen LogP contribution is -2.26. The molecule has 1 amide bonds. The Morgan fingerprint density at radius 1 is 1.48 bits per heavy atom. The molecule has 0 aliphatic rings. The number of carbonyl (C=O) groups excluding carboxylic acids is 1. The molecule has 0 aliphatic heterocycles. The van der Waals surface area contributed by atoms with Crippen LogP contribution in [0.2, 0.25) is 0 Å². The second kappa shape index (κ2) is 7.28. The summed E-state index contributed by atoms with van der Waals surface area (Å²) in [5.74, 6) is -1.15. The highest BCUT2D eigenvalue weighted by atomic mass is 32.1. The molecule has 23 heavy (non-hydrogen) atoms. The van der Waals surface area contributed by atoms with Crippen LogP contribution in [0.4, 0.5) is 10.1 Å². The summed E-state index contributed by atoms with van der Waals surface area (Å²) in [6.07, 6.45) is 0.545. The molecule has 1 N–H and O–H groups in total. The van der Waals surface area contributed by atoms with Gasteiger partial charge < -0.3 is 5.32 Å². The number of nitro groups is 1. The van der Waals surface area contributed by atoms with E-state index in [1.807, 2.05) is 5.38 Å². The van der Waals surface area contributed by atoms with Crippen LogP contribution in [0.3, 0.4) is 0 Å². The van der Waals surface area contributed by atoms with Gasteiger partial charge in [-0.05, 0) is 6.07 Å². The molecule has 0 fully saturated rings. The Labute approximate surface area is 136 Å². The summed E-state index contributed by atoms with van der Waals surface area (Å²) < 4.78 is 13.7. The summed E-state index contributed by atoms with van der Waals surface area (Å²) >= 11 is 1.57. The third-order valence-corrected chi connectivity index (χ3v) is 4.33. The molecule has 8 heteroatoms. The first-order valence-corrected chi connectivity index (χ1v) is 7.93. The number of nitrogens with zero attached hydrogens (tertiary/aromatic N) is 2. The largest absolute Gasteiger partial charge is 0.352 e. The zero-order valence-corrected chi connectivity index (χ0v) is 13.5. The van der Waals surface area contributed by atoms with Gasteiger partial charge in [-0.2, -0.15) is 0 Å². The van der Waals surface area contributed by atoms with Crippen molar-refractivity contribution in [2.45, 2.75) is 26.2 Å².